The van der Waals surface area contributed by atoms with Crippen LogP contribution in [0.3, 0.4) is 0 Å². The molecule has 9 heteroatoms. The molecule has 1 aliphatic heterocycles. The molecule has 1 amide bonds. The van der Waals surface area contributed by atoms with Crippen LogP contribution in [0.15, 0.2) is 12.2 Å². The van der Waals surface area contributed by atoms with Crippen LogP contribution in [0.1, 0.15) is 264 Å². The third-order valence-electron chi connectivity index (χ3n) is 13.1. The Hall–Kier alpha value is -1.07. The largest absolute Gasteiger partial charge is 0.394 e. The molecule has 7 atom stereocenters. The number of carbonyl (C=O) groups excluding carboxylic acids is 1. The zero-order valence-corrected chi connectivity index (χ0v) is 40.6. The van der Waals surface area contributed by atoms with Gasteiger partial charge in [0.1, 0.15) is 24.4 Å². The van der Waals surface area contributed by atoms with Crippen LogP contribution in [0, 0.1) is 0 Å². The Bertz CT molecular complexity index is 981. The number of aliphatic hydroxyl groups is 5. The molecule has 368 valence electrons. The minimum atomic E-state index is -1.55. The van der Waals surface area contributed by atoms with E-state index in [9.17, 15) is 30.3 Å². The molecule has 1 heterocycles. The fourth-order valence-corrected chi connectivity index (χ4v) is 8.80. The quantitative estimate of drug-likeness (QED) is 0.0261. The van der Waals surface area contributed by atoms with Crippen molar-refractivity contribution in [3.63, 3.8) is 0 Å². The number of rotatable bonds is 46. The standard InChI is InChI=1S/C53H103NO8/c1-3-5-7-9-11-13-15-16-17-18-19-20-21-22-23-24-25-26-27-28-29-30-31-32-33-35-37-39-41-43-49(57)54-46(45-61-53-52(60)51(59)50(58)48(44-55)62-53)47(56)42-40-38-36-34-14-12-10-8-6-4-2/h22-23,46-48,50-53,55-56,58-60H,3-21,24-45H2,1-2H3,(H,54,57)/b23-22-. The minimum Gasteiger partial charge on any atom is -0.394 e. The molecule has 0 saturated carbocycles. The second-order valence-corrected chi connectivity index (χ2v) is 19.0. The number of hydrogen-bond acceptors (Lipinski definition) is 8. The van der Waals surface area contributed by atoms with Gasteiger partial charge in [-0.25, -0.2) is 0 Å². The average molecular weight is 882 g/mol. The van der Waals surface area contributed by atoms with Crippen molar-refractivity contribution < 1.29 is 39.8 Å². The summed E-state index contributed by atoms with van der Waals surface area (Å²) >= 11 is 0. The molecule has 7 unspecified atom stereocenters. The second-order valence-electron chi connectivity index (χ2n) is 19.0. The number of allylic oxidation sites excluding steroid dienone is 2. The summed E-state index contributed by atoms with van der Waals surface area (Å²) in [5.41, 5.74) is 0. The van der Waals surface area contributed by atoms with E-state index >= 15 is 0 Å². The van der Waals surface area contributed by atoms with Crippen molar-refractivity contribution in [3.05, 3.63) is 12.2 Å². The fourth-order valence-electron chi connectivity index (χ4n) is 8.80. The molecular formula is C53H103NO8. The van der Waals surface area contributed by atoms with Crippen LogP contribution in [0.2, 0.25) is 0 Å². The van der Waals surface area contributed by atoms with E-state index in [4.69, 9.17) is 9.47 Å². The van der Waals surface area contributed by atoms with E-state index in [1.807, 2.05) is 0 Å². The van der Waals surface area contributed by atoms with E-state index in [-0.39, 0.29) is 12.5 Å². The van der Waals surface area contributed by atoms with Crippen molar-refractivity contribution in [2.45, 2.75) is 307 Å². The maximum absolute atomic E-state index is 13.0. The molecule has 0 aliphatic carbocycles. The zero-order chi connectivity index (χ0) is 45.1. The Morgan fingerprint density at radius 1 is 0.532 bits per heavy atom. The van der Waals surface area contributed by atoms with Crippen LogP contribution in [-0.2, 0) is 14.3 Å². The lowest BCUT2D eigenvalue weighted by atomic mass is 9.99. The fraction of sp³-hybridized carbons (Fsp3) is 0.943. The highest BCUT2D eigenvalue weighted by atomic mass is 16.7. The summed E-state index contributed by atoms with van der Waals surface area (Å²) in [6.45, 7) is 3.84. The highest BCUT2D eigenvalue weighted by Crippen LogP contribution is 2.23. The molecule has 0 aromatic heterocycles. The van der Waals surface area contributed by atoms with Crippen LogP contribution < -0.4 is 5.32 Å². The third-order valence-corrected chi connectivity index (χ3v) is 13.1. The second kappa shape index (κ2) is 43.8. The Kier molecular flexibility index (Phi) is 41.6. The molecule has 0 bridgehead atoms. The first-order valence-electron chi connectivity index (χ1n) is 26.9. The van der Waals surface area contributed by atoms with Gasteiger partial charge in [0.2, 0.25) is 5.91 Å². The van der Waals surface area contributed by atoms with Crippen LogP contribution in [0.5, 0.6) is 0 Å². The summed E-state index contributed by atoms with van der Waals surface area (Å²) in [6, 6.07) is -0.714. The normalized spacial score (nSPS) is 20.3. The summed E-state index contributed by atoms with van der Waals surface area (Å²) in [7, 11) is 0. The van der Waals surface area contributed by atoms with Crippen LogP contribution in [0.25, 0.3) is 0 Å². The van der Waals surface area contributed by atoms with Gasteiger partial charge in [-0.1, -0.05) is 231 Å². The van der Waals surface area contributed by atoms with Crippen molar-refractivity contribution in [2.24, 2.45) is 0 Å². The number of nitrogens with one attached hydrogen (secondary N) is 1. The SMILES string of the molecule is CCCCCCCCCCCCCC/C=C\CCCCCCCCCCCCCCCC(=O)NC(COC1OC(CO)C(O)C(O)C1O)C(O)CCCCCCCCCCCC. The Morgan fingerprint density at radius 2 is 0.903 bits per heavy atom. The van der Waals surface area contributed by atoms with Crippen LogP contribution in [0.4, 0.5) is 0 Å². The molecule has 0 radical (unpaired) electrons. The topological polar surface area (TPSA) is 149 Å². The first kappa shape index (κ1) is 58.9. The smallest absolute Gasteiger partial charge is 0.220 e. The first-order chi connectivity index (χ1) is 30.3. The van der Waals surface area contributed by atoms with Gasteiger partial charge < -0.3 is 40.3 Å². The Balaban J connectivity index is 2.11. The van der Waals surface area contributed by atoms with Gasteiger partial charge in [0.25, 0.3) is 0 Å². The Morgan fingerprint density at radius 3 is 1.31 bits per heavy atom. The molecule has 62 heavy (non-hydrogen) atoms. The molecule has 0 aromatic carbocycles. The highest BCUT2D eigenvalue weighted by Gasteiger charge is 2.44. The first-order valence-corrected chi connectivity index (χ1v) is 26.9. The lowest BCUT2D eigenvalue weighted by molar-refractivity contribution is -0.302. The molecule has 1 fully saturated rings. The lowest BCUT2D eigenvalue weighted by Crippen LogP contribution is -2.60. The number of amides is 1. The van der Waals surface area contributed by atoms with Gasteiger partial charge in [-0.3, -0.25) is 4.79 Å². The lowest BCUT2D eigenvalue weighted by Gasteiger charge is -2.40. The summed E-state index contributed by atoms with van der Waals surface area (Å²) in [4.78, 5) is 13.0. The molecule has 1 aliphatic rings. The van der Waals surface area contributed by atoms with Crippen molar-refractivity contribution in [3.8, 4) is 0 Å². The van der Waals surface area contributed by atoms with E-state index < -0.39 is 49.5 Å². The van der Waals surface area contributed by atoms with Crippen LogP contribution >= 0.6 is 0 Å². The van der Waals surface area contributed by atoms with E-state index in [0.717, 1.165) is 38.5 Å². The molecular weight excluding hydrogens is 779 g/mol. The van der Waals surface area contributed by atoms with E-state index in [0.29, 0.717) is 12.8 Å². The number of aliphatic hydroxyl groups excluding tert-OH is 5. The summed E-state index contributed by atoms with van der Waals surface area (Å²) < 4.78 is 11.3. The number of carbonyl (C=O) groups is 1. The minimum absolute atomic E-state index is 0.134. The molecule has 0 aromatic rings. The van der Waals surface area contributed by atoms with Crippen LogP contribution in [-0.4, -0.2) is 87.5 Å². The van der Waals surface area contributed by atoms with Gasteiger partial charge >= 0.3 is 0 Å². The van der Waals surface area contributed by atoms with Crippen molar-refractivity contribution >= 4 is 5.91 Å². The molecule has 6 N–H and O–H groups in total. The highest BCUT2D eigenvalue weighted by molar-refractivity contribution is 5.76. The van der Waals surface area contributed by atoms with E-state index in [1.54, 1.807) is 0 Å². The number of ether oxygens (including phenoxy) is 2. The third kappa shape index (κ3) is 33.4. The number of hydrogen-bond donors (Lipinski definition) is 6. The van der Waals surface area contributed by atoms with E-state index in [1.165, 1.54) is 199 Å². The zero-order valence-electron chi connectivity index (χ0n) is 40.6. The predicted octanol–water partition coefficient (Wildman–Crippen LogP) is 12.5. The van der Waals surface area contributed by atoms with Gasteiger partial charge in [0, 0.05) is 6.42 Å². The van der Waals surface area contributed by atoms with Crippen molar-refractivity contribution in [1.82, 2.24) is 5.32 Å². The van der Waals surface area contributed by atoms with Gasteiger partial charge in [0.05, 0.1) is 25.4 Å². The van der Waals surface area contributed by atoms with E-state index in [2.05, 4.69) is 31.3 Å². The van der Waals surface area contributed by atoms with Crippen molar-refractivity contribution in [1.29, 1.82) is 0 Å². The molecule has 1 rings (SSSR count). The monoisotopic (exact) mass is 882 g/mol. The Labute approximate surface area is 382 Å². The summed E-state index contributed by atoms with van der Waals surface area (Å²) in [5.74, 6) is -0.143. The maximum Gasteiger partial charge on any atom is 0.220 e. The van der Waals surface area contributed by atoms with Gasteiger partial charge in [0.15, 0.2) is 6.29 Å². The van der Waals surface area contributed by atoms with Crippen molar-refractivity contribution in [2.75, 3.05) is 13.2 Å². The molecule has 1 saturated heterocycles. The molecule has 9 nitrogen and oxygen atoms in total. The molecule has 0 spiro atoms. The van der Waals surface area contributed by atoms with Gasteiger partial charge in [-0.05, 0) is 38.5 Å². The van der Waals surface area contributed by atoms with Gasteiger partial charge in [-0.15, -0.1) is 0 Å². The summed E-state index contributed by atoms with van der Waals surface area (Å²) in [5, 5.41) is 54.4. The van der Waals surface area contributed by atoms with Gasteiger partial charge in [-0.2, -0.15) is 0 Å². The number of unbranched alkanes of at least 4 members (excludes halogenated alkanes) is 34. The maximum atomic E-state index is 13.0. The average Bonchev–Trinajstić information content (AvgIpc) is 3.27. The summed E-state index contributed by atoms with van der Waals surface area (Å²) in [6.07, 6.45) is 45.4. The predicted molar refractivity (Wildman–Crippen MR) is 258 cm³/mol.